The topological polar surface area (TPSA) is 69.9 Å². The van der Waals surface area contributed by atoms with Crippen LogP contribution in [0.5, 0.6) is 5.75 Å². The van der Waals surface area contributed by atoms with Crippen molar-refractivity contribution in [3.8, 4) is 11.7 Å². The van der Waals surface area contributed by atoms with E-state index in [0.717, 1.165) is 48.1 Å². The highest BCUT2D eigenvalue weighted by molar-refractivity contribution is 6.32. The highest BCUT2D eigenvalue weighted by Crippen LogP contribution is 2.40. The first-order valence-electron chi connectivity index (χ1n) is 9.53. The van der Waals surface area contributed by atoms with E-state index in [-0.39, 0.29) is 11.5 Å². The molecule has 1 saturated carbocycles. The lowest BCUT2D eigenvalue weighted by Gasteiger charge is -2.25. The summed E-state index contributed by atoms with van der Waals surface area (Å²) in [6.45, 7) is 0. The fraction of sp³-hybridized carbons (Fsp3) is 0.333. The van der Waals surface area contributed by atoms with Crippen molar-refractivity contribution in [1.29, 1.82) is 0 Å². The Bertz CT molecular complexity index is 1080. The van der Waals surface area contributed by atoms with Crippen LogP contribution in [-0.4, -0.2) is 25.9 Å². The number of aromatic nitrogens is 4. The first-order valence-corrected chi connectivity index (χ1v) is 9.91. The van der Waals surface area contributed by atoms with Crippen molar-refractivity contribution < 1.29 is 4.74 Å². The molecule has 0 amide bonds. The summed E-state index contributed by atoms with van der Waals surface area (Å²) in [6, 6.07) is 7.70. The molecule has 28 heavy (non-hydrogen) atoms. The van der Waals surface area contributed by atoms with E-state index in [0.29, 0.717) is 23.5 Å². The second-order valence-electron chi connectivity index (χ2n) is 7.33. The first-order chi connectivity index (χ1) is 13.7. The largest absolute Gasteiger partial charge is 0.489 e. The summed E-state index contributed by atoms with van der Waals surface area (Å²) in [5.74, 6) is 1.31. The van der Waals surface area contributed by atoms with Crippen molar-refractivity contribution in [3.05, 3.63) is 74.9 Å². The number of rotatable bonds is 4. The Morgan fingerprint density at radius 3 is 2.71 bits per heavy atom. The van der Waals surface area contributed by atoms with Gasteiger partial charge in [0.2, 0.25) is 0 Å². The van der Waals surface area contributed by atoms with Crippen molar-refractivity contribution in [2.45, 2.75) is 44.1 Å². The van der Waals surface area contributed by atoms with Gasteiger partial charge in [0.25, 0.3) is 11.5 Å². The minimum atomic E-state index is -0.140. The van der Waals surface area contributed by atoms with Gasteiger partial charge in [-0.25, -0.2) is 9.97 Å². The Hall–Kier alpha value is -2.73. The summed E-state index contributed by atoms with van der Waals surface area (Å²) >= 11 is 6.65. The predicted octanol–water partition coefficient (Wildman–Crippen LogP) is 3.49. The highest BCUT2D eigenvalue weighted by Gasteiger charge is 2.28. The Balaban J connectivity index is 1.45. The summed E-state index contributed by atoms with van der Waals surface area (Å²) in [7, 11) is 0. The van der Waals surface area contributed by atoms with E-state index in [1.807, 2.05) is 12.1 Å². The van der Waals surface area contributed by atoms with Gasteiger partial charge in [-0.2, -0.15) is 9.78 Å². The minimum Gasteiger partial charge on any atom is -0.489 e. The van der Waals surface area contributed by atoms with Crippen LogP contribution < -0.4 is 10.3 Å². The molecule has 0 aliphatic heterocycles. The first kappa shape index (κ1) is 17.4. The molecule has 0 saturated heterocycles. The van der Waals surface area contributed by atoms with Crippen molar-refractivity contribution >= 4 is 11.6 Å². The second kappa shape index (κ2) is 7.02. The number of halogens is 1. The average Bonchev–Trinajstić information content (AvgIpc) is 3.54. The second-order valence-corrected chi connectivity index (χ2v) is 7.71. The van der Waals surface area contributed by atoms with Crippen LogP contribution in [0.1, 0.15) is 41.9 Å². The maximum atomic E-state index is 12.9. The molecule has 0 unspecified atom stereocenters. The van der Waals surface area contributed by atoms with Gasteiger partial charge in [-0.15, -0.1) is 0 Å². The van der Waals surface area contributed by atoms with Crippen LogP contribution in [0.15, 0.2) is 47.7 Å². The lowest BCUT2D eigenvalue weighted by atomic mass is 9.81. The van der Waals surface area contributed by atoms with Crippen molar-refractivity contribution in [3.63, 3.8) is 0 Å². The molecule has 0 bridgehead atoms. The third kappa shape index (κ3) is 3.18. The third-order valence-electron chi connectivity index (χ3n) is 5.37. The quantitative estimate of drug-likeness (QED) is 0.677. The van der Waals surface area contributed by atoms with Gasteiger partial charge in [-0.3, -0.25) is 4.79 Å². The molecular formula is C21H19ClN4O2. The number of hydrogen-bond acceptors (Lipinski definition) is 5. The molecule has 0 radical (unpaired) electrons. The van der Waals surface area contributed by atoms with Gasteiger partial charge in [0.05, 0.1) is 17.3 Å². The van der Waals surface area contributed by atoms with Crippen LogP contribution in [0.3, 0.4) is 0 Å². The van der Waals surface area contributed by atoms with Gasteiger partial charge < -0.3 is 4.74 Å². The molecule has 142 valence electrons. The molecule has 5 rings (SSSR count). The lowest BCUT2D eigenvalue weighted by Crippen LogP contribution is -2.30. The Labute approximate surface area is 167 Å². The van der Waals surface area contributed by atoms with E-state index < -0.39 is 0 Å². The standard InChI is InChI=1S/C21H19ClN4O2/c22-19-16(3-1-4-18(19)28-15-6-7-15)13-5-8-17-14(11-13)12-25-26(20(17)27)21-23-9-2-10-24-21/h1-4,9-10,12-13,15H,5-8,11H2/t13-/m1/s1. The minimum absolute atomic E-state index is 0.140. The van der Waals surface area contributed by atoms with Crippen LogP contribution in [0.4, 0.5) is 0 Å². The van der Waals surface area contributed by atoms with Crippen molar-refractivity contribution in [1.82, 2.24) is 19.7 Å². The van der Waals surface area contributed by atoms with Crippen LogP contribution in [0.25, 0.3) is 5.95 Å². The number of benzene rings is 1. The zero-order valence-corrected chi connectivity index (χ0v) is 16.0. The zero-order chi connectivity index (χ0) is 19.1. The zero-order valence-electron chi connectivity index (χ0n) is 15.2. The van der Waals surface area contributed by atoms with Crippen LogP contribution >= 0.6 is 11.6 Å². The maximum absolute atomic E-state index is 12.9. The summed E-state index contributed by atoms with van der Waals surface area (Å²) in [6.07, 6.45) is 9.74. The van der Waals surface area contributed by atoms with Gasteiger partial charge >= 0.3 is 0 Å². The van der Waals surface area contributed by atoms with E-state index in [2.05, 4.69) is 21.1 Å². The predicted molar refractivity (Wildman–Crippen MR) is 105 cm³/mol. The molecule has 1 atom stereocenters. The summed E-state index contributed by atoms with van der Waals surface area (Å²) < 4.78 is 7.20. The molecule has 3 aromatic rings. The summed E-state index contributed by atoms with van der Waals surface area (Å²) in [4.78, 5) is 21.1. The van der Waals surface area contributed by atoms with E-state index in [1.54, 1.807) is 24.7 Å². The number of ether oxygens (including phenoxy) is 1. The van der Waals surface area contributed by atoms with E-state index in [1.165, 1.54) is 4.68 Å². The van der Waals surface area contributed by atoms with Crippen molar-refractivity contribution in [2.75, 3.05) is 0 Å². The molecule has 1 aromatic carbocycles. The average molecular weight is 395 g/mol. The fourth-order valence-electron chi connectivity index (χ4n) is 3.76. The van der Waals surface area contributed by atoms with Gasteiger partial charge in [0.15, 0.2) is 0 Å². The number of fused-ring (bicyclic) bond motifs is 1. The molecule has 2 heterocycles. The monoisotopic (exact) mass is 394 g/mol. The van der Waals surface area contributed by atoms with Gasteiger partial charge in [0.1, 0.15) is 5.75 Å². The van der Waals surface area contributed by atoms with Gasteiger partial charge in [0, 0.05) is 18.0 Å². The normalized spacial score (nSPS) is 18.5. The SMILES string of the molecule is O=c1c2c(cnn1-c1ncccn1)C[C@H](c1cccc(OC3CC3)c1Cl)CC2. The molecule has 2 aliphatic rings. The molecule has 0 N–H and O–H groups in total. The Kier molecular flexibility index (Phi) is 4.36. The molecule has 0 spiro atoms. The summed E-state index contributed by atoms with van der Waals surface area (Å²) in [5, 5.41) is 5.00. The molecule has 6 nitrogen and oxygen atoms in total. The molecule has 1 fully saturated rings. The lowest BCUT2D eigenvalue weighted by molar-refractivity contribution is 0.303. The van der Waals surface area contributed by atoms with Crippen LogP contribution in [0.2, 0.25) is 5.02 Å². The van der Waals surface area contributed by atoms with E-state index in [4.69, 9.17) is 16.3 Å². The highest BCUT2D eigenvalue weighted by atomic mass is 35.5. The van der Waals surface area contributed by atoms with Crippen LogP contribution in [0, 0.1) is 0 Å². The van der Waals surface area contributed by atoms with E-state index in [9.17, 15) is 4.79 Å². The van der Waals surface area contributed by atoms with Gasteiger partial charge in [-0.05, 0) is 61.3 Å². The molecule has 7 heteroatoms. The molecular weight excluding hydrogens is 376 g/mol. The van der Waals surface area contributed by atoms with Gasteiger partial charge in [-0.1, -0.05) is 23.7 Å². The van der Waals surface area contributed by atoms with E-state index >= 15 is 0 Å². The smallest absolute Gasteiger partial charge is 0.277 e. The Morgan fingerprint density at radius 2 is 1.93 bits per heavy atom. The molecule has 2 aromatic heterocycles. The molecule has 2 aliphatic carbocycles. The third-order valence-corrected chi connectivity index (χ3v) is 5.77. The van der Waals surface area contributed by atoms with Crippen molar-refractivity contribution in [2.24, 2.45) is 0 Å². The number of nitrogens with zero attached hydrogens (tertiary/aromatic N) is 4. The fourth-order valence-corrected chi connectivity index (χ4v) is 4.09. The van der Waals surface area contributed by atoms with Crippen LogP contribution in [-0.2, 0) is 12.8 Å². The maximum Gasteiger partial charge on any atom is 0.277 e. The Morgan fingerprint density at radius 1 is 1.11 bits per heavy atom. The number of hydrogen-bond donors (Lipinski definition) is 0. The summed E-state index contributed by atoms with van der Waals surface area (Å²) in [5.41, 5.74) is 2.71.